The number of imidazole rings is 2. The third-order valence-corrected chi connectivity index (χ3v) is 9.78. The van der Waals surface area contributed by atoms with Crippen LogP contribution in [0, 0.1) is 12.5 Å². The number of aromatic amines is 1. The summed E-state index contributed by atoms with van der Waals surface area (Å²) in [6.45, 7) is 5.68. The van der Waals surface area contributed by atoms with E-state index in [4.69, 9.17) is 45.7 Å². The van der Waals surface area contributed by atoms with Crippen molar-refractivity contribution in [2.45, 2.75) is 51.6 Å². The Kier molecular flexibility index (Phi) is 10.5. The van der Waals surface area contributed by atoms with Crippen LogP contribution < -0.4 is 10.9 Å². The van der Waals surface area contributed by atoms with Crippen LogP contribution >= 0.6 is 15.3 Å². The summed E-state index contributed by atoms with van der Waals surface area (Å²) in [7, 11) is -2.09. The van der Waals surface area contributed by atoms with Gasteiger partial charge in [-0.1, -0.05) is 13.8 Å². The van der Waals surface area contributed by atoms with Crippen LogP contribution in [-0.4, -0.2) is 94.6 Å². The molecule has 0 saturated carbocycles. The van der Waals surface area contributed by atoms with E-state index in [0.29, 0.717) is 17.0 Å². The average molecular weight is 727 g/mol. The molecule has 2 bridgehead atoms. The lowest BCUT2D eigenvalue weighted by molar-refractivity contribution is -0.118. The quantitative estimate of drug-likeness (QED) is 0.147. The van der Waals surface area contributed by atoms with Crippen molar-refractivity contribution in [3.63, 3.8) is 0 Å². The van der Waals surface area contributed by atoms with Gasteiger partial charge in [0.25, 0.3) is 5.56 Å². The standard InChI is InChI=1S/C25H29FN10O9P2S/c1-13(2)22(37)33-25-32-21-18(23(38)34-25)30-12-36(21)24-19-17(26)15(44-24)9-42-46(40-6-4-27-3)41-7-5-35-16(10-43-47(39,48)45-19)31-14-8-28-11-29-20(14)35/h8,11-13,15,17,19,24H,4-7,9-10H2,1-2H3,(H,39,48)(H2,32,33,34,37,38)/t15-,17-,19-,24-,46?,47?/m1/s1. The number of ether oxygens (including phenoxy) is 1. The number of hydrogen-bond acceptors (Lipinski definition) is 14. The van der Waals surface area contributed by atoms with Crippen molar-refractivity contribution in [2.24, 2.45) is 5.92 Å². The lowest BCUT2D eigenvalue weighted by Gasteiger charge is -2.25. The summed E-state index contributed by atoms with van der Waals surface area (Å²) in [5.74, 6) is -0.703. The minimum atomic E-state index is -4.21. The first-order valence-electron chi connectivity index (χ1n) is 14.4. The normalized spacial score (nSPS) is 27.0. The van der Waals surface area contributed by atoms with E-state index in [9.17, 15) is 14.5 Å². The first-order valence-corrected chi connectivity index (χ1v) is 18.1. The maximum Gasteiger partial charge on any atom is 0.333 e. The maximum absolute atomic E-state index is 16.3. The molecule has 0 aromatic carbocycles. The van der Waals surface area contributed by atoms with E-state index in [0.717, 1.165) is 0 Å². The second-order valence-electron chi connectivity index (χ2n) is 10.7. The highest BCUT2D eigenvalue weighted by molar-refractivity contribution is 8.07. The van der Waals surface area contributed by atoms with Gasteiger partial charge in [0.05, 0.1) is 25.7 Å². The Morgan fingerprint density at radius 1 is 1.35 bits per heavy atom. The largest absolute Gasteiger partial charge is 0.346 e. The van der Waals surface area contributed by atoms with Gasteiger partial charge in [0, 0.05) is 12.5 Å². The molecular weight excluding hydrogens is 697 g/mol. The zero-order valence-electron chi connectivity index (χ0n) is 25.3. The van der Waals surface area contributed by atoms with E-state index in [-0.39, 0.29) is 50.0 Å². The van der Waals surface area contributed by atoms with E-state index in [1.54, 1.807) is 18.4 Å². The molecule has 2 aliphatic heterocycles. The fraction of sp³-hybridized carbons (Fsp3) is 0.520. The second-order valence-corrected chi connectivity index (χ2v) is 14.7. The molecule has 19 nitrogen and oxygen atoms in total. The number of fused-ring (bicyclic) bond motifs is 6. The number of alkyl halides is 1. The molecule has 0 radical (unpaired) electrons. The molecule has 0 aliphatic carbocycles. The van der Waals surface area contributed by atoms with E-state index in [1.807, 2.05) is 0 Å². The van der Waals surface area contributed by atoms with Gasteiger partial charge in [0.15, 0.2) is 29.2 Å². The number of carbonyl (C=O) groups excluding carboxylic acids is 1. The van der Waals surface area contributed by atoms with Gasteiger partial charge in [-0.25, -0.2) is 30.9 Å². The van der Waals surface area contributed by atoms with Crippen LogP contribution in [0.5, 0.6) is 0 Å². The van der Waals surface area contributed by atoms with Crippen LogP contribution in [0.3, 0.4) is 0 Å². The number of carbonyl (C=O) groups is 1. The molecule has 6 rings (SSSR count). The number of hydrogen-bond donors (Lipinski definition) is 3. The smallest absolute Gasteiger partial charge is 0.333 e. The summed E-state index contributed by atoms with van der Waals surface area (Å²) in [5, 5.41) is 2.52. The fourth-order valence-electron chi connectivity index (χ4n) is 4.81. The Morgan fingerprint density at radius 2 is 2.19 bits per heavy atom. The van der Waals surface area contributed by atoms with Gasteiger partial charge in [-0.05, 0) is 11.8 Å². The topological polar surface area (TPSA) is 216 Å². The molecule has 48 heavy (non-hydrogen) atoms. The minimum absolute atomic E-state index is 0.00114. The molecular formula is C25H29FN10O9P2S. The number of halogens is 1. The van der Waals surface area contributed by atoms with Gasteiger partial charge in [0.2, 0.25) is 18.4 Å². The highest BCUT2D eigenvalue weighted by Gasteiger charge is 2.50. The first-order chi connectivity index (χ1) is 23.0. The number of H-pyrrole nitrogens is 1. The summed E-state index contributed by atoms with van der Waals surface area (Å²) in [4.78, 5) is 63.2. The highest BCUT2D eigenvalue weighted by Crippen LogP contribution is 2.51. The fourth-order valence-corrected chi connectivity index (χ4v) is 7.08. The molecule has 256 valence electrons. The van der Waals surface area contributed by atoms with Crippen molar-refractivity contribution in [2.75, 3.05) is 31.7 Å². The molecule has 2 aliphatic rings. The SMILES string of the molecule is [C-]#[N+]CCOP1OCCn2c(nc3cncnc32)COP(O)(=S)O[C@@H]2[C@H](F)[C@@H](CO1)O[C@H]2n1cnc2c(=O)[nH]c(NC(=O)C(C)C)nc21. The van der Waals surface area contributed by atoms with Crippen molar-refractivity contribution in [1.29, 1.82) is 0 Å². The number of anilines is 1. The molecule has 6 heterocycles. The monoisotopic (exact) mass is 726 g/mol. The third-order valence-electron chi connectivity index (χ3n) is 7.09. The molecule has 3 N–H and O–H groups in total. The molecule has 1 saturated heterocycles. The number of amides is 1. The van der Waals surface area contributed by atoms with Crippen molar-refractivity contribution in [3.8, 4) is 0 Å². The lowest BCUT2D eigenvalue weighted by atomic mass is 10.1. The summed E-state index contributed by atoms with van der Waals surface area (Å²) < 4.78 is 53.9. The third kappa shape index (κ3) is 7.43. The van der Waals surface area contributed by atoms with E-state index >= 15 is 4.39 Å². The number of aromatic nitrogens is 8. The molecule has 6 atom stereocenters. The van der Waals surface area contributed by atoms with Crippen molar-refractivity contribution >= 4 is 61.3 Å². The summed E-state index contributed by atoms with van der Waals surface area (Å²) in [5.41, 5.74) is 0.00342. The lowest BCUT2D eigenvalue weighted by Crippen LogP contribution is -2.32. The molecule has 0 spiro atoms. The predicted octanol–water partition coefficient (Wildman–Crippen LogP) is 2.12. The number of nitrogens with one attached hydrogen (secondary N) is 2. The van der Waals surface area contributed by atoms with E-state index < -0.39 is 63.9 Å². The molecule has 4 aromatic heterocycles. The van der Waals surface area contributed by atoms with E-state index in [1.165, 1.54) is 23.4 Å². The van der Waals surface area contributed by atoms with Crippen LogP contribution in [0.1, 0.15) is 25.9 Å². The Morgan fingerprint density at radius 3 is 2.98 bits per heavy atom. The first kappa shape index (κ1) is 34.5. The Bertz CT molecular complexity index is 1950. The Balaban J connectivity index is 1.35. The van der Waals surface area contributed by atoms with Gasteiger partial charge in [-0.3, -0.25) is 29.0 Å². The van der Waals surface area contributed by atoms with Crippen LogP contribution in [0.4, 0.5) is 10.3 Å². The van der Waals surface area contributed by atoms with E-state index in [2.05, 4.69) is 40.1 Å². The number of nitrogens with zero attached hydrogens (tertiary/aromatic N) is 8. The average Bonchev–Trinajstić information content (AvgIpc) is 3.72. The van der Waals surface area contributed by atoms with Crippen LogP contribution in [0.25, 0.3) is 27.2 Å². The second kappa shape index (κ2) is 14.6. The summed E-state index contributed by atoms with van der Waals surface area (Å²) >= 11 is 5.30. The van der Waals surface area contributed by atoms with Gasteiger partial charge in [-0.15, -0.1) is 0 Å². The summed E-state index contributed by atoms with van der Waals surface area (Å²) in [6, 6.07) is 0. The minimum Gasteiger partial charge on any atom is -0.346 e. The highest BCUT2D eigenvalue weighted by atomic mass is 32.5. The Hall–Kier alpha value is -3.41. The zero-order chi connectivity index (χ0) is 34.0. The predicted molar refractivity (Wildman–Crippen MR) is 168 cm³/mol. The van der Waals surface area contributed by atoms with Crippen molar-refractivity contribution in [3.05, 3.63) is 46.4 Å². The van der Waals surface area contributed by atoms with Crippen LogP contribution in [0.15, 0.2) is 23.6 Å². The Labute approximate surface area is 277 Å². The molecule has 1 amide bonds. The molecule has 23 heteroatoms. The van der Waals surface area contributed by atoms with Crippen LogP contribution in [-0.2, 0) is 57.1 Å². The molecule has 1 fully saturated rings. The van der Waals surface area contributed by atoms with Crippen molar-refractivity contribution in [1.82, 2.24) is 39.0 Å². The van der Waals surface area contributed by atoms with Crippen LogP contribution in [0.2, 0.25) is 0 Å². The van der Waals surface area contributed by atoms with Crippen molar-refractivity contribution < 1.29 is 41.4 Å². The van der Waals surface area contributed by atoms with Gasteiger partial charge >= 0.3 is 15.3 Å². The number of rotatable bonds is 6. The summed E-state index contributed by atoms with van der Waals surface area (Å²) in [6.07, 6.45) is -2.29. The maximum atomic E-state index is 16.3. The van der Waals surface area contributed by atoms with Gasteiger partial charge < -0.3 is 37.1 Å². The molecule has 4 aromatic rings. The van der Waals surface area contributed by atoms with Gasteiger partial charge in [-0.2, -0.15) is 4.98 Å². The molecule has 2 unspecified atom stereocenters. The zero-order valence-corrected chi connectivity index (χ0v) is 27.9. The van der Waals surface area contributed by atoms with Gasteiger partial charge in [0.1, 0.15) is 43.1 Å².